The number of benzene rings is 1. The van der Waals surface area contributed by atoms with E-state index in [1.54, 1.807) is 0 Å². The molecule has 0 atom stereocenters. The van der Waals surface area contributed by atoms with Gasteiger partial charge in [-0.2, -0.15) is 0 Å². The minimum absolute atomic E-state index is 0.390. The van der Waals surface area contributed by atoms with Crippen molar-refractivity contribution in [2.75, 3.05) is 7.11 Å². The van der Waals surface area contributed by atoms with Crippen molar-refractivity contribution in [2.45, 2.75) is 0 Å². The number of halogens is 2. The second-order valence-electron chi connectivity index (χ2n) is 2.03. The highest BCUT2D eigenvalue weighted by Gasteiger charge is 2.12. The zero-order valence-electron chi connectivity index (χ0n) is 6.23. The Morgan fingerprint density at radius 3 is 2.75 bits per heavy atom. The monoisotopic (exact) mass is 171 g/mol. The summed E-state index contributed by atoms with van der Waals surface area (Å²) in [5.41, 5.74) is -0.390. The molecule has 0 N–H and O–H groups in total. The number of hydrogen-bond donors (Lipinski definition) is 0. The summed E-state index contributed by atoms with van der Waals surface area (Å²) in [6.07, 6.45) is 0. The molecule has 0 spiro atoms. The number of hydrogen-bond acceptors (Lipinski definition) is 2. The molecule has 0 fully saturated rings. The summed E-state index contributed by atoms with van der Waals surface area (Å²) in [6, 6.07) is 3.60. The maximum Gasteiger partial charge on any atom is 0.341 e. The summed E-state index contributed by atoms with van der Waals surface area (Å²) < 4.78 is 29.2. The first-order chi connectivity index (χ1) is 5.65. The number of esters is 1. The Morgan fingerprint density at radius 2 is 2.25 bits per heavy atom. The molecule has 0 saturated heterocycles. The first-order valence-electron chi connectivity index (χ1n) is 3.10. The zero-order chi connectivity index (χ0) is 9.14. The number of ether oxygens (including phenoxy) is 1. The molecule has 4 heteroatoms. The van der Waals surface area contributed by atoms with Crippen LogP contribution >= 0.6 is 0 Å². The molecular formula is C8H5F2O2. The number of carbonyl (C=O) groups is 1. The van der Waals surface area contributed by atoms with Gasteiger partial charge in [-0.05, 0) is 6.07 Å². The molecule has 63 valence electrons. The van der Waals surface area contributed by atoms with E-state index >= 15 is 0 Å². The third-order valence-corrected chi connectivity index (χ3v) is 1.25. The van der Waals surface area contributed by atoms with Crippen LogP contribution in [0.1, 0.15) is 10.4 Å². The van der Waals surface area contributed by atoms with E-state index in [9.17, 15) is 13.6 Å². The van der Waals surface area contributed by atoms with Gasteiger partial charge in [-0.15, -0.1) is 0 Å². The van der Waals surface area contributed by atoms with Gasteiger partial charge in [0, 0.05) is 12.1 Å². The van der Waals surface area contributed by atoms with Crippen LogP contribution in [0.5, 0.6) is 0 Å². The molecule has 1 aromatic rings. The SMILES string of the molecule is COC(=O)c1[c]cc(F)cc1F. The van der Waals surface area contributed by atoms with Crippen LogP contribution in [0.15, 0.2) is 12.1 Å². The average molecular weight is 171 g/mol. The van der Waals surface area contributed by atoms with Crippen LogP contribution in [0.25, 0.3) is 0 Å². The fourth-order valence-electron chi connectivity index (χ4n) is 0.703. The first-order valence-corrected chi connectivity index (χ1v) is 3.10. The standard InChI is InChI=1S/C8H5F2O2/c1-12-8(11)6-3-2-5(9)4-7(6)10/h2,4H,1H3. The molecule has 1 rings (SSSR count). The van der Waals surface area contributed by atoms with Gasteiger partial charge in [-0.1, -0.05) is 0 Å². The number of methoxy groups -OCH3 is 1. The highest BCUT2D eigenvalue weighted by Crippen LogP contribution is 2.09. The summed E-state index contributed by atoms with van der Waals surface area (Å²) in [5, 5.41) is 0. The van der Waals surface area contributed by atoms with Gasteiger partial charge in [-0.3, -0.25) is 0 Å². The molecule has 0 amide bonds. The van der Waals surface area contributed by atoms with Crippen molar-refractivity contribution in [3.8, 4) is 0 Å². The summed E-state index contributed by atoms with van der Waals surface area (Å²) in [5.74, 6) is -2.62. The molecule has 0 bridgehead atoms. The lowest BCUT2D eigenvalue weighted by Gasteiger charge is -1.98. The van der Waals surface area contributed by atoms with Crippen molar-refractivity contribution < 1.29 is 18.3 Å². The largest absolute Gasteiger partial charge is 0.465 e. The van der Waals surface area contributed by atoms with Crippen molar-refractivity contribution in [3.63, 3.8) is 0 Å². The molecule has 0 heterocycles. The third-order valence-electron chi connectivity index (χ3n) is 1.25. The van der Waals surface area contributed by atoms with Gasteiger partial charge in [-0.25, -0.2) is 13.6 Å². The maximum absolute atomic E-state index is 12.7. The van der Waals surface area contributed by atoms with Crippen molar-refractivity contribution in [1.29, 1.82) is 0 Å². The van der Waals surface area contributed by atoms with E-state index in [0.717, 1.165) is 13.2 Å². The molecule has 1 aromatic carbocycles. The summed E-state index contributed by atoms with van der Waals surface area (Å²) >= 11 is 0. The van der Waals surface area contributed by atoms with E-state index in [0.29, 0.717) is 6.07 Å². The minimum atomic E-state index is -0.971. The molecule has 0 unspecified atom stereocenters. The van der Waals surface area contributed by atoms with E-state index in [4.69, 9.17) is 0 Å². The normalized spacial score (nSPS) is 9.58. The predicted octanol–water partition coefficient (Wildman–Crippen LogP) is 1.55. The van der Waals surface area contributed by atoms with Crippen LogP contribution in [0.3, 0.4) is 0 Å². The second-order valence-corrected chi connectivity index (χ2v) is 2.03. The Balaban J connectivity index is 3.09. The lowest BCUT2D eigenvalue weighted by Crippen LogP contribution is -2.04. The Morgan fingerprint density at radius 1 is 1.58 bits per heavy atom. The summed E-state index contributed by atoms with van der Waals surface area (Å²) in [6.45, 7) is 0. The quantitative estimate of drug-likeness (QED) is 0.599. The van der Waals surface area contributed by atoms with Crippen LogP contribution in [0.4, 0.5) is 8.78 Å². The topological polar surface area (TPSA) is 26.3 Å². The van der Waals surface area contributed by atoms with Gasteiger partial charge < -0.3 is 4.74 Å². The van der Waals surface area contributed by atoms with Crippen LogP contribution in [0, 0.1) is 17.7 Å². The van der Waals surface area contributed by atoms with Gasteiger partial charge in [0.05, 0.1) is 7.11 Å². The fourth-order valence-corrected chi connectivity index (χ4v) is 0.703. The van der Waals surface area contributed by atoms with Crippen molar-refractivity contribution >= 4 is 5.97 Å². The van der Waals surface area contributed by atoms with Crippen LogP contribution in [-0.4, -0.2) is 13.1 Å². The second kappa shape index (κ2) is 3.30. The molecule has 1 radical (unpaired) electrons. The van der Waals surface area contributed by atoms with Crippen molar-refractivity contribution in [3.05, 3.63) is 35.4 Å². The third kappa shape index (κ3) is 1.58. The minimum Gasteiger partial charge on any atom is -0.465 e. The van der Waals surface area contributed by atoms with E-state index in [1.807, 2.05) is 0 Å². The molecule has 0 saturated carbocycles. The highest BCUT2D eigenvalue weighted by molar-refractivity contribution is 5.89. The Labute approximate surface area is 67.8 Å². The van der Waals surface area contributed by atoms with E-state index in [2.05, 4.69) is 10.8 Å². The lowest BCUT2D eigenvalue weighted by molar-refractivity contribution is 0.0595. The van der Waals surface area contributed by atoms with Gasteiger partial charge in [0.25, 0.3) is 0 Å². The number of carbonyl (C=O) groups excluding carboxylic acids is 1. The Hall–Kier alpha value is -1.45. The summed E-state index contributed by atoms with van der Waals surface area (Å²) in [7, 11) is 1.11. The average Bonchev–Trinajstić information content (AvgIpc) is 2.03. The Bertz CT molecular complexity index is 310. The van der Waals surface area contributed by atoms with Crippen molar-refractivity contribution in [1.82, 2.24) is 0 Å². The zero-order valence-corrected chi connectivity index (χ0v) is 6.23. The first kappa shape index (κ1) is 8.64. The van der Waals surface area contributed by atoms with Gasteiger partial charge in [0.2, 0.25) is 0 Å². The maximum atomic E-state index is 12.7. The number of rotatable bonds is 1. The van der Waals surface area contributed by atoms with Gasteiger partial charge >= 0.3 is 5.97 Å². The molecule has 0 aliphatic heterocycles. The van der Waals surface area contributed by atoms with E-state index < -0.39 is 17.6 Å². The highest BCUT2D eigenvalue weighted by atomic mass is 19.1. The van der Waals surface area contributed by atoms with E-state index in [-0.39, 0.29) is 5.56 Å². The molecule has 12 heavy (non-hydrogen) atoms. The predicted molar refractivity (Wildman–Crippen MR) is 36.5 cm³/mol. The van der Waals surface area contributed by atoms with Gasteiger partial charge in [0.15, 0.2) is 0 Å². The molecule has 0 aromatic heterocycles. The molecule has 2 nitrogen and oxygen atoms in total. The lowest BCUT2D eigenvalue weighted by atomic mass is 10.2. The molecule has 0 aliphatic rings. The Kier molecular flexibility index (Phi) is 2.38. The van der Waals surface area contributed by atoms with Crippen LogP contribution < -0.4 is 0 Å². The summed E-state index contributed by atoms with van der Waals surface area (Å²) in [4.78, 5) is 10.7. The smallest absolute Gasteiger partial charge is 0.341 e. The fraction of sp³-hybridized carbons (Fsp3) is 0.125. The van der Waals surface area contributed by atoms with Crippen LogP contribution in [0.2, 0.25) is 0 Å². The van der Waals surface area contributed by atoms with Crippen molar-refractivity contribution in [2.24, 2.45) is 0 Å². The molecule has 0 aliphatic carbocycles. The van der Waals surface area contributed by atoms with Crippen LogP contribution in [-0.2, 0) is 4.74 Å². The molecular weight excluding hydrogens is 166 g/mol. The van der Waals surface area contributed by atoms with E-state index in [1.165, 1.54) is 0 Å². The van der Waals surface area contributed by atoms with Gasteiger partial charge in [0.1, 0.15) is 17.2 Å².